The number of carbonyl (C=O) groups is 1. The van der Waals surface area contributed by atoms with Crippen molar-refractivity contribution in [3.63, 3.8) is 0 Å². The minimum atomic E-state index is 0.209. The Hall–Kier alpha value is -2.29. The number of fused-ring (bicyclic) bond motifs is 3. The monoisotopic (exact) mass is 279 g/mol. The van der Waals surface area contributed by atoms with Crippen LogP contribution in [-0.4, -0.2) is 19.1 Å². The van der Waals surface area contributed by atoms with Gasteiger partial charge in [-0.05, 0) is 29.7 Å². The van der Waals surface area contributed by atoms with E-state index in [0.29, 0.717) is 6.42 Å². The maximum Gasteiger partial charge on any atom is 0.227 e. The summed E-state index contributed by atoms with van der Waals surface area (Å²) in [7, 11) is 1.69. The molecule has 2 aromatic rings. The Morgan fingerprint density at radius 1 is 1.05 bits per heavy atom. The summed E-state index contributed by atoms with van der Waals surface area (Å²) in [5.41, 5.74) is 3.51. The molecule has 0 saturated carbocycles. The third-order valence-electron chi connectivity index (χ3n) is 4.68. The van der Waals surface area contributed by atoms with E-state index in [1.54, 1.807) is 7.11 Å². The molecule has 2 aromatic carbocycles. The van der Waals surface area contributed by atoms with Crippen LogP contribution >= 0.6 is 0 Å². The fraction of sp³-hybridized carbons (Fsp3) is 0.278. The van der Waals surface area contributed by atoms with Gasteiger partial charge in [-0.15, -0.1) is 0 Å². The van der Waals surface area contributed by atoms with Gasteiger partial charge in [-0.1, -0.05) is 36.4 Å². The highest BCUT2D eigenvalue weighted by Crippen LogP contribution is 2.46. The van der Waals surface area contributed by atoms with Gasteiger partial charge in [-0.2, -0.15) is 0 Å². The van der Waals surface area contributed by atoms with Gasteiger partial charge in [0.25, 0.3) is 0 Å². The fourth-order valence-corrected chi connectivity index (χ4v) is 3.77. The van der Waals surface area contributed by atoms with E-state index in [1.807, 2.05) is 35.2 Å². The average molecular weight is 279 g/mol. The van der Waals surface area contributed by atoms with Crippen LogP contribution in [0.1, 0.15) is 23.5 Å². The highest BCUT2D eigenvalue weighted by atomic mass is 16.5. The Labute approximate surface area is 124 Å². The van der Waals surface area contributed by atoms with Crippen molar-refractivity contribution in [2.24, 2.45) is 0 Å². The molecule has 0 N–H and O–H groups in total. The molecule has 0 spiro atoms. The number of rotatable bonds is 2. The van der Waals surface area contributed by atoms with E-state index in [1.165, 1.54) is 5.56 Å². The molecule has 1 amide bonds. The van der Waals surface area contributed by atoms with E-state index < -0.39 is 0 Å². The third-order valence-corrected chi connectivity index (χ3v) is 4.68. The first-order valence-corrected chi connectivity index (χ1v) is 7.32. The van der Waals surface area contributed by atoms with Crippen molar-refractivity contribution >= 4 is 11.6 Å². The Bertz CT molecular complexity index is 710. The highest BCUT2D eigenvalue weighted by molar-refractivity contribution is 5.99. The van der Waals surface area contributed by atoms with E-state index in [0.717, 1.165) is 23.4 Å². The zero-order valence-corrected chi connectivity index (χ0v) is 12.0. The van der Waals surface area contributed by atoms with Crippen molar-refractivity contribution in [3.8, 4) is 5.75 Å². The van der Waals surface area contributed by atoms with Gasteiger partial charge in [-0.3, -0.25) is 4.79 Å². The third kappa shape index (κ3) is 1.77. The molecule has 2 atom stereocenters. The number of amides is 1. The number of anilines is 1. The Kier molecular flexibility index (Phi) is 2.74. The van der Waals surface area contributed by atoms with E-state index in [2.05, 4.69) is 18.2 Å². The smallest absolute Gasteiger partial charge is 0.227 e. The predicted molar refractivity (Wildman–Crippen MR) is 81.8 cm³/mol. The molecule has 1 fully saturated rings. The second kappa shape index (κ2) is 4.62. The summed E-state index contributed by atoms with van der Waals surface area (Å²) in [6.45, 7) is 0. The molecule has 3 nitrogen and oxygen atoms in total. The highest BCUT2D eigenvalue weighted by Gasteiger charge is 2.46. The standard InChI is InChI=1S/C18H17NO2/c1-21-17-9-5-3-7-13(17)14-11-18(20)19-15-8-4-2-6-12(15)10-16(14)19/h2-9,14,16H,10-11H2,1H3/t14-,16-/m1/s1. The van der Waals surface area contributed by atoms with Gasteiger partial charge in [0.2, 0.25) is 5.91 Å². The van der Waals surface area contributed by atoms with Crippen LogP contribution in [0.2, 0.25) is 0 Å². The van der Waals surface area contributed by atoms with Gasteiger partial charge in [0.15, 0.2) is 0 Å². The van der Waals surface area contributed by atoms with Crippen LogP contribution in [0.3, 0.4) is 0 Å². The molecular formula is C18H17NO2. The normalized spacial score (nSPS) is 23.1. The summed E-state index contributed by atoms with van der Waals surface area (Å²) in [5, 5.41) is 0. The lowest BCUT2D eigenvalue weighted by Crippen LogP contribution is -2.31. The van der Waals surface area contributed by atoms with Gasteiger partial charge < -0.3 is 9.64 Å². The molecule has 0 aliphatic carbocycles. The number of methoxy groups -OCH3 is 1. The van der Waals surface area contributed by atoms with E-state index >= 15 is 0 Å². The summed E-state index contributed by atoms with van der Waals surface area (Å²) >= 11 is 0. The predicted octanol–water partition coefficient (Wildman–Crippen LogP) is 3.14. The maximum absolute atomic E-state index is 12.5. The SMILES string of the molecule is COc1ccccc1[C@H]1CC(=O)N2c3ccccc3C[C@H]12. The maximum atomic E-state index is 12.5. The lowest BCUT2D eigenvalue weighted by Gasteiger charge is -2.22. The molecule has 0 aromatic heterocycles. The first-order chi connectivity index (χ1) is 10.3. The fourth-order valence-electron chi connectivity index (χ4n) is 3.77. The van der Waals surface area contributed by atoms with Crippen LogP contribution in [0.5, 0.6) is 5.75 Å². The van der Waals surface area contributed by atoms with Crippen molar-refractivity contribution < 1.29 is 9.53 Å². The van der Waals surface area contributed by atoms with Crippen molar-refractivity contribution in [1.29, 1.82) is 0 Å². The van der Waals surface area contributed by atoms with Crippen molar-refractivity contribution in [2.45, 2.75) is 24.8 Å². The molecule has 21 heavy (non-hydrogen) atoms. The van der Waals surface area contributed by atoms with Gasteiger partial charge in [0.1, 0.15) is 5.75 Å². The Morgan fingerprint density at radius 3 is 2.67 bits per heavy atom. The van der Waals surface area contributed by atoms with Crippen LogP contribution < -0.4 is 9.64 Å². The number of carbonyl (C=O) groups excluding carboxylic acids is 1. The molecule has 0 unspecified atom stereocenters. The average Bonchev–Trinajstić information content (AvgIpc) is 3.05. The summed E-state index contributed by atoms with van der Waals surface area (Å²) in [6, 6.07) is 16.5. The molecule has 2 heterocycles. The second-order valence-corrected chi connectivity index (χ2v) is 5.72. The summed E-state index contributed by atoms with van der Waals surface area (Å²) in [6.07, 6.45) is 1.50. The number of hydrogen-bond donors (Lipinski definition) is 0. The number of benzene rings is 2. The van der Waals surface area contributed by atoms with Gasteiger partial charge >= 0.3 is 0 Å². The number of nitrogens with zero attached hydrogens (tertiary/aromatic N) is 1. The van der Waals surface area contributed by atoms with E-state index in [9.17, 15) is 4.79 Å². The summed E-state index contributed by atoms with van der Waals surface area (Å²) in [4.78, 5) is 14.5. The number of ether oxygens (including phenoxy) is 1. The molecule has 3 heteroatoms. The summed E-state index contributed by atoms with van der Waals surface area (Å²) < 4.78 is 5.49. The van der Waals surface area contributed by atoms with Gasteiger partial charge in [0.05, 0.1) is 7.11 Å². The zero-order valence-electron chi connectivity index (χ0n) is 12.0. The van der Waals surface area contributed by atoms with Crippen molar-refractivity contribution in [1.82, 2.24) is 0 Å². The Balaban J connectivity index is 1.77. The van der Waals surface area contributed by atoms with Crippen molar-refractivity contribution in [2.75, 3.05) is 12.0 Å². The molecule has 2 aliphatic heterocycles. The molecule has 0 radical (unpaired) electrons. The van der Waals surface area contributed by atoms with Gasteiger partial charge in [0, 0.05) is 24.1 Å². The number of hydrogen-bond acceptors (Lipinski definition) is 2. The first kappa shape index (κ1) is 12.5. The molecule has 4 rings (SSSR count). The van der Waals surface area contributed by atoms with Crippen LogP contribution in [0.15, 0.2) is 48.5 Å². The van der Waals surface area contributed by atoms with Crippen LogP contribution in [-0.2, 0) is 11.2 Å². The van der Waals surface area contributed by atoms with E-state index in [4.69, 9.17) is 4.74 Å². The number of para-hydroxylation sites is 2. The second-order valence-electron chi connectivity index (χ2n) is 5.72. The van der Waals surface area contributed by atoms with Crippen LogP contribution in [0.25, 0.3) is 0 Å². The molecule has 2 aliphatic rings. The minimum Gasteiger partial charge on any atom is -0.496 e. The molecule has 106 valence electrons. The molecular weight excluding hydrogens is 262 g/mol. The lowest BCUT2D eigenvalue weighted by atomic mass is 9.89. The van der Waals surface area contributed by atoms with Crippen LogP contribution in [0.4, 0.5) is 5.69 Å². The Morgan fingerprint density at radius 2 is 1.81 bits per heavy atom. The lowest BCUT2D eigenvalue weighted by molar-refractivity contribution is -0.117. The molecule has 1 saturated heterocycles. The summed E-state index contributed by atoms with van der Waals surface area (Å²) in [5.74, 6) is 1.31. The van der Waals surface area contributed by atoms with Gasteiger partial charge in [-0.25, -0.2) is 0 Å². The minimum absolute atomic E-state index is 0.209. The quantitative estimate of drug-likeness (QED) is 0.845. The van der Waals surface area contributed by atoms with Crippen molar-refractivity contribution in [3.05, 3.63) is 59.7 Å². The zero-order chi connectivity index (χ0) is 14.4. The largest absolute Gasteiger partial charge is 0.496 e. The van der Waals surface area contributed by atoms with E-state index in [-0.39, 0.29) is 17.9 Å². The van der Waals surface area contributed by atoms with Crippen LogP contribution in [0, 0.1) is 0 Å². The first-order valence-electron chi connectivity index (χ1n) is 7.32. The molecule has 0 bridgehead atoms. The topological polar surface area (TPSA) is 29.5 Å².